The number of primary amides is 1. The fraction of sp³-hybridized carbons (Fsp3) is 0.500. The SMILES string of the molecule is NC(=O)c1ccccc1CS(=O)(=O)CCC(=O)C1CCNC2C(=O)COC12. The second-order valence-electron chi connectivity index (χ2n) is 6.90. The van der Waals surface area contributed by atoms with E-state index in [-0.39, 0.29) is 41.7 Å². The van der Waals surface area contributed by atoms with Gasteiger partial charge in [-0.15, -0.1) is 0 Å². The average molecular weight is 394 g/mol. The highest BCUT2D eigenvalue weighted by Crippen LogP contribution is 2.27. The zero-order chi connectivity index (χ0) is 19.6. The van der Waals surface area contributed by atoms with Crippen LogP contribution < -0.4 is 11.1 Å². The minimum absolute atomic E-state index is 0.0195. The fourth-order valence-electron chi connectivity index (χ4n) is 3.67. The number of Topliss-reactive ketones (excluding diaryl/α,β-unsaturated/α-hetero) is 2. The lowest BCUT2D eigenvalue weighted by Crippen LogP contribution is -2.52. The standard InChI is InChI=1S/C18H22N2O6S/c19-18(23)12-4-2-1-3-11(12)10-27(24,25)8-6-14(21)13-5-7-20-16-15(22)9-26-17(13)16/h1-4,13,16-17,20H,5-10H2,(H2,19,23). The molecule has 3 atom stereocenters. The van der Waals surface area contributed by atoms with Gasteiger partial charge in [-0.1, -0.05) is 18.2 Å². The van der Waals surface area contributed by atoms with Gasteiger partial charge in [0, 0.05) is 17.9 Å². The van der Waals surface area contributed by atoms with Crippen LogP contribution in [-0.4, -0.2) is 56.9 Å². The highest BCUT2D eigenvalue weighted by atomic mass is 32.2. The molecule has 1 aromatic carbocycles. The molecule has 0 saturated carbocycles. The van der Waals surface area contributed by atoms with Crippen molar-refractivity contribution >= 4 is 27.3 Å². The molecule has 146 valence electrons. The molecule has 0 aliphatic carbocycles. The predicted octanol–water partition coefficient (Wildman–Crippen LogP) is -0.394. The lowest BCUT2D eigenvalue weighted by Gasteiger charge is -2.31. The maximum atomic E-state index is 12.6. The van der Waals surface area contributed by atoms with Crippen molar-refractivity contribution < 1.29 is 27.5 Å². The summed E-state index contributed by atoms with van der Waals surface area (Å²) in [6.45, 7) is 0.500. The molecule has 3 unspecified atom stereocenters. The van der Waals surface area contributed by atoms with Crippen LogP contribution in [0.2, 0.25) is 0 Å². The first-order valence-electron chi connectivity index (χ1n) is 8.77. The third kappa shape index (κ3) is 4.42. The van der Waals surface area contributed by atoms with Gasteiger partial charge in [0.25, 0.3) is 0 Å². The van der Waals surface area contributed by atoms with Crippen molar-refractivity contribution in [2.45, 2.75) is 30.7 Å². The highest BCUT2D eigenvalue weighted by Gasteiger charge is 2.45. The average Bonchev–Trinajstić information content (AvgIpc) is 3.01. The number of nitrogens with two attached hydrogens (primary N) is 1. The predicted molar refractivity (Wildman–Crippen MR) is 96.7 cm³/mol. The largest absolute Gasteiger partial charge is 0.368 e. The zero-order valence-electron chi connectivity index (χ0n) is 14.7. The molecular weight excluding hydrogens is 372 g/mol. The molecule has 2 saturated heterocycles. The third-order valence-electron chi connectivity index (χ3n) is 5.04. The van der Waals surface area contributed by atoms with Gasteiger partial charge in [-0.2, -0.15) is 0 Å². The number of benzene rings is 1. The molecule has 0 bridgehead atoms. The smallest absolute Gasteiger partial charge is 0.249 e. The Labute approximate surface area is 157 Å². The number of amides is 1. The summed E-state index contributed by atoms with van der Waals surface area (Å²) in [5.74, 6) is -2.14. The summed E-state index contributed by atoms with van der Waals surface area (Å²) < 4.78 is 30.3. The minimum Gasteiger partial charge on any atom is -0.368 e. The zero-order valence-corrected chi connectivity index (χ0v) is 15.5. The van der Waals surface area contributed by atoms with Crippen molar-refractivity contribution in [3.05, 3.63) is 35.4 Å². The van der Waals surface area contributed by atoms with Gasteiger partial charge >= 0.3 is 0 Å². The van der Waals surface area contributed by atoms with Crippen molar-refractivity contribution in [3.8, 4) is 0 Å². The molecule has 0 aromatic heterocycles. The Morgan fingerprint density at radius 3 is 2.74 bits per heavy atom. The molecule has 8 nitrogen and oxygen atoms in total. The quantitative estimate of drug-likeness (QED) is 0.643. The molecule has 0 spiro atoms. The molecule has 0 radical (unpaired) electrons. The van der Waals surface area contributed by atoms with E-state index < -0.39 is 33.8 Å². The molecule has 2 aliphatic heterocycles. The third-order valence-corrected chi connectivity index (χ3v) is 6.62. The lowest BCUT2D eigenvalue weighted by atomic mass is 9.85. The normalized spacial score (nSPS) is 25.2. The monoisotopic (exact) mass is 394 g/mol. The van der Waals surface area contributed by atoms with Crippen LogP contribution in [0.5, 0.6) is 0 Å². The summed E-state index contributed by atoms with van der Waals surface area (Å²) in [5.41, 5.74) is 5.76. The number of carbonyl (C=O) groups excluding carboxylic acids is 3. The Morgan fingerprint density at radius 2 is 2.00 bits per heavy atom. The van der Waals surface area contributed by atoms with Gasteiger partial charge < -0.3 is 15.8 Å². The van der Waals surface area contributed by atoms with Crippen LogP contribution in [0.1, 0.15) is 28.8 Å². The number of sulfone groups is 1. The van der Waals surface area contributed by atoms with Gasteiger partial charge in [0.05, 0.1) is 23.7 Å². The van der Waals surface area contributed by atoms with Crippen LogP contribution in [0, 0.1) is 5.92 Å². The van der Waals surface area contributed by atoms with E-state index in [1.807, 2.05) is 0 Å². The maximum Gasteiger partial charge on any atom is 0.249 e. The maximum absolute atomic E-state index is 12.6. The van der Waals surface area contributed by atoms with Gasteiger partial charge in [-0.3, -0.25) is 14.4 Å². The lowest BCUT2D eigenvalue weighted by molar-refractivity contribution is -0.128. The number of fused-ring (bicyclic) bond motifs is 1. The van der Waals surface area contributed by atoms with Gasteiger partial charge in [-0.25, -0.2) is 8.42 Å². The van der Waals surface area contributed by atoms with Crippen LogP contribution >= 0.6 is 0 Å². The van der Waals surface area contributed by atoms with Crippen molar-refractivity contribution in [2.75, 3.05) is 18.9 Å². The van der Waals surface area contributed by atoms with Crippen LogP contribution in [-0.2, 0) is 29.9 Å². The molecule has 1 aromatic rings. The van der Waals surface area contributed by atoms with E-state index in [1.165, 1.54) is 12.1 Å². The molecule has 2 fully saturated rings. The van der Waals surface area contributed by atoms with E-state index in [2.05, 4.69) is 5.32 Å². The Balaban J connectivity index is 1.63. The molecule has 27 heavy (non-hydrogen) atoms. The second kappa shape index (κ2) is 7.87. The van der Waals surface area contributed by atoms with Gasteiger partial charge in [0.2, 0.25) is 5.91 Å². The van der Waals surface area contributed by atoms with Crippen LogP contribution in [0.3, 0.4) is 0 Å². The Hall–Kier alpha value is -2.10. The van der Waals surface area contributed by atoms with Crippen molar-refractivity contribution in [1.82, 2.24) is 5.32 Å². The molecule has 2 aliphatic rings. The number of carbonyl (C=O) groups is 3. The first kappa shape index (κ1) is 19.7. The van der Waals surface area contributed by atoms with E-state index in [0.29, 0.717) is 18.5 Å². The molecule has 2 heterocycles. The van der Waals surface area contributed by atoms with Crippen LogP contribution in [0.15, 0.2) is 24.3 Å². The van der Waals surface area contributed by atoms with E-state index in [0.717, 1.165) is 0 Å². The summed E-state index contributed by atoms with van der Waals surface area (Å²) in [6, 6.07) is 5.77. The second-order valence-corrected chi connectivity index (χ2v) is 9.08. The van der Waals surface area contributed by atoms with Gasteiger partial charge in [0.15, 0.2) is 15.6 Å². The van der Waals surface area contributed by atoms with E-state index in [9.17, 15) is 22.8 Å². The summed E-state index contributed by atoms with van der Waals surface area (Å²) in [6.07, 6.45) is -0.151. The molecule has 9 heteroatoms. The highest BCUT2D eigenvalue weighted by molar-refractivity contribution is 7.90. The number of piperidine rings is 1. The molecule has 1 amide bonds. The van der Waals surface area contributed by atoms with Crippen LogP contribution in [0.4, 0.5) is 0 Å². The molecule has 3 rings (SSSR count). The van der Waals surface area contributed by atoms with Gasteiger partial charge in [0.1, 0.15) is 12.4 Å². The Kier molecular flexibility index (Phi) is 5.73. The van der Waals surface area contributed by atoms with Crippen LogP contribution in [0.25, 0.3) is 0 Å². The fourth-order valence-corrected chi connectivity index (χ4v) is 5.05. The van der Waals surface area contributed by atoms with Crippen molar-refractivity contribution in [3.63, 3.8) is 0 Å². The number of ether oxygens (including phenoxy) is 1. The van der Waals surface area contributed by atoms with Crippen molar-refractivity contribution in [1.29, 1.82) is 0 Å². The minimum atomic E-state index is -3.61. The first-order valence-corrected chi connectivity index (χ1v) is 10.6. The number of rotatable bonds is 7. The number of hydrogen-bond donors (Lipinski definition) is 2. The van der Waals surface area contributed by atoms with E-state index in [1.54, 1.807) is 12.1 Å². The molecule has 3 N–H and O–H groups in total. The number of ketones is 2. The van der Waals surface area contributed by atoms with Gasteiger partial charge in [-0.05, 0) is 24.6 Å². The summed E-state index contributed by atoms with van der Waals surface area (Å²) in [7, 11) is -3.61. The summed E-state index contributed by atoms with van der Waals surface area (Å²) >= 11 is 0. The Bertz CT molecular complexity index is 866. The molecular formula is C18H22N2O6S. The Morgan fingerprint density at radius 1 is 1.26 bits per heavy atom. The summed E-state index contributed by atoms with van der Waals surface area (Å²) in [4.78, 5) is 35.8. The van der Waals surface area contributed by atoms with Crippen molar-refractivity contribution in [2.24, 2.45) is 11.7 Å². The topological polar surface area (TPSA) is 133 Å². The van der Waals surface area contributed by atoms with E-state index in [4.69, 9.17) is 10.5 Å². The van der Waals surface area contributed by atoms with E-state index >= 15 is 0 Å². The number of nitrogens with one attached hydrogen (secondary N) is 1. The first-order chi connectivity index (χ1) is 12.8. The summed E-state index contributed by atoms with van der Waals surface area (Å²) in [5, 5.41) is 3.05. The number of hydrogen-bond acceptors (Lipinski definition) is 7.